The van der Waals surface area contributed by atoms with Crippen molar-refractivity contribution in [3.05, 3.63) is 29.8 Å². The molecule has 0 saturated heterocycles. The minimum absolute atomic E-state index is 0.170. The molecule has 1 unspecified atom stereocenters. The van der Waals surface area contributed by atoms with Gasteiger partial charge in [0.2, 0.25) is 0 Å². The summed E-state index contributed by atoms with van der Waals surface area (Å²) < 4.78 is 10.8. The number of methoxy groups -OCH3 is 2. The number of rotatable bonds is 6. The van der Waals surface area contributed by atoms with Crippen molar-refractivity contribution >= 4 is 5.78 Å². The van der Waals surface area contributed by atoms with Crippen molar-refractivity contribution in [2.24, 2.45) is 5.92 Å². The van der Waals surface area contributed by atoms with Gasteiger partial charge in [-0.15, -0.1) is 0 Å². The molecule has 1 aromatic rings. The quantitative estimate of drug-likeness (QED) is 0.799. The molecule has 3 heteroatoms. The Labute approximate surface area is 121 Å². The summed E-state index contributed by atoms with van der Waals surface area (Å²) in [7, 11) is 3.29. The number of para-hydroxylation sites is 1. The highest BCUT2D eigenvalue weighted by Crippen LogP contribution is 2.29. The number of Topliss-reactive ketones (excluding diaryl/α,β-unsaturated/α-hetero) is 1. The first kappa shape index (κ1) is 15.0. The fourth-order valence-electron chi connectivity index (χ4n) is 3.16. The number of carbonyl (C=O) groups is 1. The number of ether oxygens (including phenoxy) is 2. The minimum atomic E-state index is -0.264. The molecular weight excluding hydrogens is 252 g/mol. The second kappa shape index (κ2) is 7.44. The van der Waals surface area contributed by atoms with Crippen LogP contribution in [0.3, 0.4) is 0 Å². The molecule has 0 bridgehead atoms. The number of ketones is 1. The number of benzene rings is 1. The Morgan fingerprint density at radius 3 is 2.55 bits per heavy atom. The van der Waals surface area contributed by atoms with Gasteiger partial charge in [-0.2, -0.15) is 0 Å². The molecule has 0 amide bonds. The summed E-state index contributed by atoms with van der Waals surface area (Å²) >= 11 is 0. The third-order valence-corrected chi connectivity index (χ3v) is 4.21. The van der Waals surface area contributed by atoms with Crippen LogP contribution in [0.15, 0.2) is 24.3 Å². The fourth-order valence-corrected chi connectivity index (χ4v) is 3.16. The molecule has 0 spiro atoms. The lowest BCUT2D eigenvalue weighted by molar-refractivity contribution is -0.132. The Balaban J connectivity index is 2.05. The lowest BCUT2D eigenvalue weighted by Gasteiger charge is -2.28. The van der Waals surface area contributed by atoms with Crippen LogP contribution < -0.4 is 4.74 Å². The molecule has 0 heterocycles. The van der Waals surface area contributed by atoms with Crippen LogP contribution in [0.4, 0.5) is 0 Å². The van der Waals surface area contributed by atoms with Gasteiger partial charge in [-0.1, -0.05) is 37.5 Å². The zero-order chi connectivity index (χ0) is 14.4. The third kappa shape index (κ3) is 3.60. The first-order valence-corrected chi connectivity index (χ1v) is 7.43. The Bertz CT molecular complexity index is 436. The maximum Gasteiger partial charge on any atom is 0.166 e. The number of hydrogen-bond donors (Lipinski definition) is 0. The molecule has 1 atom stereocenters. The van der Waals surface area contributed by atoms with Crippen molar-refractivity contribution in [1.29, 1.82) is 0 Å². The maximum absolute atomic E-state index is 12.5. The van der Waals surface area contributed by atoms with Gasteiger partial charge in [-0.05, 0) is 24.8 Å². The van der Waals surface area contributed by atoms with E-state index in [0.29, 0.717) is 12.3 Å². The molecule has 1 saturated carbocycles. The maximum atomic E-state index is 12.5. The van der Waals surface area contributed by atoms with Crippen molar-refractivity contribution in [1.82, 2.24) is 0 Å². The molecule has 1 aliphatic rings. The summed E-state index contributed by atoms with van der Waals surface area (Å²) in [5.41, 5.74) is 0.942. The monoisotopic (exact) mass is 276 g/mol. The minimum Gasteiger partial charge on any atom is -0.496 e. The van der Waals surface area contributed by atoms with Crippen molar-refractivity contribution in [3.63, 3.8) is 0 Å². The standard InChI is InChI=1S/C17H24O3/c1-19-16-11-7-6-10-14(16)12-15(18)17(20-2)13-8-4-3-5-9-13/h6-7,10-11,13,17H,3-5,8-9,12H2,1-2H3. The zero-order valence-electron chi connectivity index (χ0n) is 12.4. The summed E-state index contributed by atoms with van der Waals surface area (Å²) in [6.07, 6.45) is 6.05. The summed E-state index contributed by atoms with van der Waals surface area (Å²) in [5.74, 6) is 1.33. The van der Waals surface area contributed by atoms with Crippen molar-refractivity contribution < 1.29 is 14.3 Å². The Morgan fingerprint density at radius 1 is 1.20 bits per heavy atom. The van der Waals surface area contributed by atoms with Gasteiger partial charge in [-0.3, -0.25) is 4.79 Å². The fraction of sp³-hybridized carbons (Fsp3) is 0.588. The van der Waals surface area contributed by atoms with Gasteiger partial charge in [-0.25, -0.2) is 0 Å². The van der Waals surface area contributed by atoms with E-state index in [1.807, 2.05) is 24.3 Å². The van der Waals surface area contributed by atoms with E-state index in [-0.39, 0.29) is 11.9 Å². The molecular formula is C17H24O3. The summed E-state index contributed by atoms with van der Waals surface area (Å²) in [6, 6.07) is 7.70. The van der Waals surface area contributed by atoms with Crippen LogP contribution in [0.25, 0.3) is 0 Å². The second-order valence-corrected chi connectivity index (χ2v) is 5.51. The Kier molecular flexibility index (Phi) is 5.60. The van der Waals surface area contributed by atoms with Gasteiger partial charge < -0.3 is 9.47 Å². The van der Waals surface area contributed by atoms with Crippen LogP contribution in [-0.2, 0) is 16.0 Å². The van der Waals surface area contributed by atoms with E-state index in [2.05, 4.69) is 0 Å². The van der Waals surface area contributed by atoms with Gasteiger partial charge in [0.1, 0.15) is 11.9 Å². The third-order valence-electron chi connectivity index (χ3n) is 4.21. The number of hydrogen-bond acceptors (Lipinski definition) is 3. The molecule has 1 aliphatic carbocycles. The topological polar surface area (TPSA) is 35.5 Å². The predicted octanol–water partition coefficient (Wildman–Crippen LogP) is 3.40. The highest BCUT2D eigenvalue weighted by atomic mass is 16.5. The largest absolute Gasteiger partial charge is 0.496 e. The molecule has 3 nitrogen and oxygen atoms in total. The Morgan fingerprint density at radius 2 is 1.90 bits per heavy atom. The SMILES string of the molecule is COc1ccccc1CC(=O)C(OC)C1CCCCC1. The molecule has 0 aromatic heterocycles. The van der Waals surface area contributed by atoms with Gasteiger partial charge in [0, 0.05) is 19.1 Å². The normalized spacial score (nSPS) is 17.7. The van der Waals surface area contributed by atoms with E-state index < -0.39 is 0 Å². The Hall–Kier alpha value is -1.35. The van der Waals surface area contributed by atoms with Gasteiger partial charge in [0.25, 0.3) is 0 Å². The highest BCUT2D eigenvalue weighted by Gasteiger charge is 2.29. The van der Waals surface area contributed by atoms with Gasteiger partial charge in [0.15, 0.2) is 5.78 Å². The summed E-state index contributed by atoms with van der Waals surface area (Å²) in [4.78, 5) is 12.5. The van der Waals surface area contributed by atoms with Gasteiger partial charge in [0.05, 0.1) is 7.11 Å². The molecule has 0 radical (unpaired) electrons. The van der Waals surface area contributed by atoms with E-state index in [0.717, 1.165) is 24.2 Å². The number of carbonyl (C=O) groups excluding carboxylic acids is 1. The smallest absolute Gasteiger partial charge is 0.166 e. The first-order chi connectivity index (χ1) is 9.76. The molecule has 2 rings (SSSR count). The van der Waals surface area contributed by atoms with Crippen LogP contribution in [0, 0.1) is 5.92 Å². The lowest BCUT2D eigenvalue weighted by Crippen LogP contribution is -2.34. The zero-order valence-corrected chi connectivity index (χ0v) is 12.4. The van der Waals surface area contributed by atoms with Crippen LogP contribution in [-0.4, -0.2) is 26.1 Å². The lowest BCUT2D eigenvalue weighted by atomic mass is 9.82. The molecule has 1 fully saturated rings. The summed E-state index contributed by atoms with van der Waals surface area (Å²) in [6.45, 7) is 0. The van der Waals surface area contributed by atoms with E-state index in [9.17, 15) is 4.79 Å². The predicted molar refractivity (Wildman–Crippen MR) is 79.1 cm³/mol. The molecule has 0 aliphatic heterocycles. The highest BCUT2D eigenvalue weighted by molar-refractivity contribution is 5.86. The van der Waals surface area contributed by atoms with Crippen LogP contribution in [0.1, 0.15) is 37.7 Å². The van der Waals surface area contributed by atoms with E-state index in [1.54, 1.807) is 14.2 Å². The van der Waals surface area contributed by atoms with Crippen LogP contribution in [0.2, 0.25) is 0 Å². The second-order valence-electron chi connectivity index (χ2n) is 5.51. The van der Waals surface area contributed by atoms with Gasteiger partial charge >= 0.3 is 0 Å². The van der Waals surface area contributed by atoms with Crippen molar-refractivity contribution in [2.75, 3.05) is 14.2 Å². The van der Waals surface area contributed by atoms with Crippen LogP contribution >= 0.6 is 0 Å². The van der Waals surface area contributed by atoms with Crippen molar-refractivity contribution in [2.45, 2.75) is 44.6 Å². The molecule has 110 valence electrons. The molecule has 20 heavy (non-hydrogen) atoms. The van der Waals surface area contributed by atoms with E-state index in [4.69, 9.17) is 9.47 Å². The summed E-state index contributed by atoms with van der Waals surface area (Å²) in [5, 5.41) is 0. The molecule has 1 aromatic carbocycles. The van der Waals surface area contributed by atoms with Crippen molar-refractivity contribution in [3.8, 4) is 5.75 Å². The van der Waals surface area contributed by atoms with E-state index >= 15 is 0 Å². The average molecular weight is 276 g/mol. The van der Waals surface area contributed by atoms with E-state index in [1.165, 1.54) is 19.3 Å². The average Bonchev–Trinajstić information content (AvgIpc) is 2.49. The molecule has 0 N–H and O–H groups in total. The van der Waals surface area contributed by atoms with Crippen LogP contribution in [0.5, 0.6) is 5.75 Å². The first-order valence-electron chi connectivity index (χ1n) is 7.43.